The van der Waals surface area contributed by atoms with E-state index in [0.29, 0.717) is 28.4 Å². The van der Waals surface area contributed by atoms with Crippen molar-refractivity contribution in [3.8, 4) is 17.9 Å². The number of hydrogen-bond donors (Lipinski definition) is 2. The van der Waals surface area contributed by atoms with E-state index in [1.165, 1.54) is 0 Å². The summed E-state index contributed by atoms with van der Waals surface area (Å²) in [7, 11) is 0. The first-order valence-electron chi connectivity index (χ1n) is 11.7. The molecule has 4 rings (SSSR count). The van der Waals surface area contributed by atoms with Crippen LogP contribution in [-0.4, -0.2) is 61.1 Å². The summed E-state index contributed by atoms with van der Waals surface area (Å²) in [6.45, 7) is 4.05. The topological polar surface area (TPSA) is 104 Å². The molecule has 0 bridgehead atoms. The quantitative estimate of drug-likeness (QED) is 0.501. The lowest BCUT2D eigenvalue weighted by atomic mass is 10.1. The second kappa shape index (κ2) is 14.1. The van der Waals surface area contributed by atoms with Crippen LogP contribution in [-0.2, 0) is 0 Å². The van der Waals surface area contributed by atoms with Crippen LogP contribution in [0.25, 0.3) is 0 Å². The molecule has 1 aliphatic heterocycles. The minimum absolute atomic E-state index is 0.0321. The third-order valence-electron chi connectivity index (χ3n) is 5.75. The van der Waals surface area contributed by atoms with Crippen molar-refractivity contribution in [2.45, 2.75) is 6.10 Å². The summed E-state index contributed by atoms with van der Waals surface area (Å²) in [6, 6.07) is 25.9. The Kier molecular flexibility index (Phi) is 10.6. The largest absolute Gasteiger partial charge is 0.491 e. The molecule has 1 atom stereocenters. The zero-order valence-electron chi connectivity index (χ0n) is 19.9. The number of β-amino-alcohol motifs (C(OH)–C–C–N with tert-alkyl or cyclic N) is 1. The second-order valence-corrected chi connectivity index (χ2v) is 8.61. The number of hydrogen-bond acceptors (Lipinski definition) is 7. The first-order chi connectivity index (χ1) is 17.5. The lowest BCUT2D eigenvalue weighted by Gasteiger charge is -2.37. The molecule has 7 nitrogen and oxygen atoms in total. The number of ether oxygens (including phenoxy) is 1. The van der Waals surface area contributed by atoms with Gasteiger partial charge in [-0.15, -0.1) is 0 Å². The molecule has 0 radical (unpaired) electrons. The smallest absolute Gasteiger partial charge is 0.121 e. The summed E-state index contributed by atoms with van der Waals surface area (Å²) in [6.07, 6.45) is -0.578. The van der Waals surface area contributed by atoms with Crippen LogP contribution in [0.5, 0.6) is 5.75 Å². The monoisotopic (exact) mass is 504 g/mol. The fraction of sp³-hybridized carbons (Fsp3) is 0.286. The minimum atomic E-state index is -0.578. The maximum atomic E-state index is 10.5. The van der Waals surface area contributed by atoms with Gasteiger partial charge in [-0.25, -0.2) is 0 Å². The van der Waals surface area contributed by atoms with Gasteiger partial charge in [-0.3, -0.25) is 4.90 Å². The maximum absolute atomic E-state index is 10.5. The van der Waals surface area contributed by atoms with Crippen LogP contribution >= 0.6 is 11.6 Å². The molecule has 186 valence electrons. The van der Waals surface area contributed by atoms with Gasteiger partial charge in [0.05, 0.1) is 46.7 Å². The van der Waals surface area contributed by atoms with Gasteiger partial charge in [0, 0.05) is 38.8 Å². The molecule has 2 N–H and O–H groups in total. The summed E-state index contributed by atoms with van der Waals surface area (Å²) in [5, 5.41) is 37.1. The summed E-state index contributed by atoms with van der Waals surface area (Å²) in [5.41, 5.74) is 3.09. The van der Waals surface area contributed by atoms with Crippen LogP contribution in [0.4, 0.5) is 5.69 Å². The van der Waals surface area contributed by atoms with Crippen LogP contribution in [0.3, 0.4) is 0 Å². The first kappa shape index (κ1) is 27.0. The Balaban J connectivity index is 0.000000383. The molecular formula is C28H29ClN4O3. The predicted octanol–water partition coefficient (Wildman–Crippen LogP) is 4.00. The Morgan fingerprint density at radius 1 is 0.889 bits per heavy atom. The van der Waals surface area contributed by atoms with E-state index < -0.39 is 6.10 Å². The van der Waals surface area contributed by atoms with Crippen molar-refractivity contribution in [3.05, 3.63) is 94.5 Å². The molecular weight excluding hydrogens is 476 g/mol. The van der Waals surface area contributed by atoms with Gasteiger partial charge >= 0.3 is 0 Å². The number of aliphatic hydroxyl groups excluding tert-OH is 2. The molecule has 1 heterocycles. The van der Waals surface area contributed by atoms with Gasteiger partial charge in [0.15, 0.2) is 0 Å². The normalized spacial score (nSPS) is 14.1. The van der Waals surface area contributed by atoms with Crippen LogP contribution in [0.15, 0.2) is 72.8 Å². The standard InChI is InChI=1S/C21H24ClN3O3.C7H5N/c22-19-13-18(28-12-11-26)5-6-20(19)25-9-7-24(8-10-25)15-21(27)17-3-1-16(14-23)2-4-17;8-6-7-4-2-1-3-5-7/h1-6,13,21,26-27H,7-12,15H2;1-5H. The number of benzene rings is 3. The predicted molar refractivity (Wildman–Crippen MR) is 140 cm³/mol. The third kappa shape index (κ3) is 7.98. The van der Waals surface area contributed by atoms with E-state index in [1.807, 2.05) is 36.4 Å². The van der Waals surface area contributed by atoms with E-state index in [-0.39, 0.29) is 13.2 Å². The van der Waals surface area contributed by atoms with Gasteiger partial charge in [-0.05, 0) is 42.0 Å². The van der Waals surface area contributed by atoms with Crippen LogP contribution < -0.4 is 9.64 Å². The van der Waals surface area contributed by atoms with Crippen molar-refractivity contribution in [1.82, 2.24) is 4.90 Å². The Morgan fingerprint density at radius 2 is 1.53 bits per heavy atom. The van der Waals surface area contributed by atoms with Crippen molar-refractivity contribution < 1.29 is 14.9 Å². The van der Waals surface area contributed by atoms with Gasteiger partial charge < -0.3 is 19.8 Å². The number of anilines is 1. The van der Waals surface area contributed by atoms with Gasteiger partial charge in [-0.2, -0.15) is 10.5 Å². The zero-order valence-corrected chi connectivity index (χ0v) is 20.7. The number of nitriles is 2. The third-order valence-corrected chi connectivity index (χ3v) is 6.05. The fourth-order valence-electron chi connectivity index (χ4n) is 3.81. The molecule has 3 aromatic rings. The van der Waals surface area contributed by atoms with Gasteiger partial charge in [-0.1, -0.05) is 41.9 Å². The summed E-state index contributed by atoms with van der Waals surface area (Å²) >= 11 is 6.41. The molecule has 1 unspecified atom stereocenters. The van der Waals surface area contributed by atoms with Crippen molar-refractivity contribution in [1.29, 1.82) is 10.5 Å². The van der Waals surface area contributed by atoms with E-state index in [4.69, 9.17) is 32.0 Å². The Labute approximate surface area is 217 Å². The molecule has 8 heteroatoms. The van der Waals surface area contributed by atoms with Crippen molar-refractivity contribution in [2.24, 2.45) is 0 Å². The van der Waals surface area contributed by atoms with E-state index in [0.717, 1.165) is 37.4 Å². The Morgan fingerprint density at radius 3 is 2.08 bits per heavy atom. The highest BCUT2D eigenvalue weighted by Gasteiger charge is 2.21. The summed E-state index contributed by atoms with van der Waals surface area (Å²) < 4.78 is 5.39. The van der Waals surface area contributed by atoms with Gasteiger partial charge in [0.1, 0.15) is 12.4 Å². The zero-order chi connectivity index (χ0) is 25.8. The molecule has 0 aromatic heterocycles. The number of halogens is 1. The number of piperazine rings is 1. The molecule has 36 heavy (non-hydrogen) atoms. The van der Waals surface area contributed by atoms with Crippen molar-refractivity contribution in [2.75, 3.05) is 50.8 Å². The van der Waals surface area contributed by atoms with Crippen molar-refractivity contribution in [3.63, 3.8) is 0 Å². The molecule has 1 fully saturated rings. The van der Waals surface area contributed by atoms with Gasteiger partial charge in [0.2, 0.25) is 0 Å². The summed E-state index contributed by atoms with van der Waals surface area (Å²) in [5.74, 6) is 0.645. The SMILES string of the molecule is N#Cc1ccc(C(O)CN2CCN(c3ccc(OCCO)cc3Cl)CC2)cc1.N#Cc1ccccc1. The van der Waals surface area contributed by atoms with Crippen LogP contribution in [0.2, 0.25) is 5.02 Å². The average molecular weight is 505 g/mol. The maximum Gasteiger partial charge on any atom is 0.121 e. The highest BCUT2D eigenvalue weighted by molar-refractivity contribution is 6.33. The number of nitrogens with zero attached hydrogens (tertiary/aromatic N) is 4. The number of aliphatic hydroxyl groups is 2. The average Bonchev–Trinajstić information content (AvgIpc) is 2.93. The van der Waals surface area contributed by atoms with Crippen LogP contribution in [0.1, 0.15) is 22.8 Å². The first-order valence-corrected chi connectivity index (χ1v) is 12.1. The van der Waals surface area contributed by atoms with E-state index >= 15 is 0 Å². The lowest BCUT2D eigenvalue weighted by Crippen LogP contribution is -2.47. The molecule has 0 spiro atoms. The summed E-state index contributed by atoms with van der Waals surface area (Å²) in [4.78, 5) is 4.45. The Hall–Kier alpha value is -3.59. The Bertz CT molecular complexity index is 1170. The van der Waals surface area contributed by atoms with E-state index in [1.54, 1.807) is 42.5 Å². The molecule has 0 amide bonds. The molecule has 1 aliphatic rings. The fourth-order valence-corrected chi connectivity index (χ4v) is 4.10. The molecule has 0 saturated carbocycles. The van der Waals surface area contributed by atoms with Gasteiger partial charge in [0.25, 0.3) is 0 Å². The molecule has 1 saturated heterocycles. The highest BCUT2D eigenvalue weighted by Crippen LogP contribution is 2.31. The van der Waals surface area contributed by atoms with E-state index in [9.17, 15) is 5.11 Å². The number of rotatable bonds is 7. The highest BCUT2D eigenvalue weighted by atomic mass is 35.5. The lowest BCUT2D eigenvalue weighted by molar-refractivity contribution is 0.109. The minimum Gasteiger partial charge on any atom is -0.491 e. The molecule has 0 aliphatic carbocycles. The van der Waals surface area contributed by atoms with Crippen LogP contribution in [0, 0.1) is 22.7 Å². The molecule has 3 aromatic carbocycles. The second-order valence-electron chi connectivity index (χ2n) is 8.20. The van der Waals surface area contributed by atoms with Crippen molar-refractivity contribution >= 4 is 17.3 Å². The van der Waals surface area contributed by atoms with E-state index in [2.05, 4.69) is 15.9 Å².